The molecule has 0 aliphatic carbocycles. The van der Waals surface area contributed by atoms with Crippen LogP contribution in [0.15, 0.2) is 18.2 Å². The number of aliphatic carboxylic acids is 1. The number of nitrogens with one attached hydrogen (secondary N) is 1. The zero-order valence-corrected chi connectivity index (χ0v) is 8.94. The smallest absolute Gasteiger partial charge is 0.330 e. The van der Waals surface area contributed by atoms with Gasteiger partial charge < -0.3 is 20.9 Å². The average Bonchev–Trinajstić information content (AvgIpc) is 2.28. The van der Waals surface area contributed by atoms with Crippen LogP contribution in [0.4, 0.5) is 10.1 Å². The van der Waals surface area contributed by atoms with Crippen molar-refractivity contribution in [2.24, 2.45) is 5.73 Å². The van der Waals surface area contributed by atoms with Crippen LogP contribution < -0.4 is 15.8 Å². The highest BCUT2D eigenvalue weighted by molar-refractivity contribution is 6.07. The van der Waals surface area contributed by atoms with Gasteiger partial charge in [0.05, 0.1) is 7.11 Å². The quantitative estimate of drug-likeness (QED) is 0.654. The lowest BCUT2D eigenvalue weighted by atomic mass is 10.2. The third-order valence-corrected chi connectivity index (χ3v) is 1.97. The Bertz CT molecular complexity index is 450. The molecule has 1 rings (SSSR count). The molecule has 0 spiro atoms. The summed E-state index contributed by atoms with van der Waals surface area (Å²) in [7, 11) is 1.30. The van der Waals surface area contributed by atoms with E-state index in [0.717, 1.165) is 6.07 Å². The van der Waals surface area contributed by atoms with Crippen molar-refractivity contribution in [3.05, 3.63) is 24.0 Å². The van der Waals surface area contributed by atoms with Crippen LogP contribution in [-0.4, -0.2) is 30.1 Å². The Morgan fingerprint density at radius 2 is 2.18 bits per heavy atom. The number of amides is 1. The van der Waals surface area contributed by atoms with Gasteiger partial charge in [-0.1, -0.05) is 0 Å². The second-order valence-corrected chi connectivity index (χ2v) is 3.15. The Labute approximate surface area is 96.2 Å². The molecule has 0 bridgehead atoms. The zero-order valence-electron chi connectivity index (χ0n) is 8.94. The topological polar surface area (TPSA) is 102 Å². The lowest BCUT2D eigenvalue weighted by Gasteiger charge is -2.09. The monoisotopic (exact) mass is 242 g/mol. The molecule has 0 aliphatic rings. The van der Waals surface area contributed by atoms with E-state index in [2.05, 4.69) is 10.1 Å². The van der Waals surface area contributed by atoms with Crippen molar-refractivity contribution in [3.8, 4) is 5.75 Å². The van der Waals surface area contributed by atoms with E-state index in [9.17, 15) is 14.0 Å². The highest BCUT2D eigenvalue weighted by Gasteiger charge is 2.21. The maximum atomic E-state index is 13.2. The summed E-state index contributed by atoms with van der Waals surface area (Å²) in [4.78, 5) is 21.7. The van der Waals surface area contributed by atoms with Crippen LogP contribution in [0, 0.1) is 5.82 Å². The maximum absolute atomic E-state index is 13.2. The summed E-state index contributed by atoms with van der Waals surface area (Å²) in [5, 5.41) is 10.7. The molecule has 0 aromatic heterocycles. The van der Waals surface area contributed by atoms with Crippen molar-refractivity contribution >= 4 is 17.6 Å². The summed E-state index contributed by atoms with van der Waals surface area (Å²) in [6.07, 6.45) is 0. The van der Waals surface area contributed by atoms with Crippen molar-refractivity contribution in [3.63, 3.8) is 0 Å². The second-order valence-electron chi connectivity index (χ2n) is 3.15. The van der Waals surface area contributed by atoms with Gasteiger partial charge in [-0.05, 0) is 12.1 Å². The Morgan fingerprint density at radius 1 is 1.53 bits per heavy atom. The number of halogens is 1. The van der Waals surface area contributed by atoms with Gasteiger partial charge in [0.2, 0.25) is 0 Å². The molecule has 0 saturated carbocycles. The Hall–Kier alpha value is -2.15. The number of benzene rings is 1. The minimum atomic E-state index is -1.69. The van der Waals surface area contributed by atoms with Crippen LogP contribution in [0.1, 0.15) is 0 Å². The van der Waals surface area contributed by atoms with Crippen molar-refractivity contribution in [1.82, 2.24) is 0 Å². The van der Waals surface area contributed by atoms with Crippen LogP contribution in [0.25, 0.3) is 0 Å². The minimum absolute atomic E-state index is 0.0190. The summed E-state index contributed by atoms with van der Waals surface area (Å²) in [5.41, 5.74) is 5.17. The Kier molecular flexibility index (Phi) is 4.00. The van der Waals surface area contributed by atoms with Gasteiger partial charge in [-0.25, -0.2) is 9.18 Å². The highest BCUT2D eigenvalue weighted by atomic mass is 19.1. The average molecular weight is 242 g/mol. The normalized spacial score (nSPS) is 11.7. The Morgan fingerprint density at radius 3 is 2.65 bits per heavy atom. The van der Waals surface area contributed by atoms with E-state index in [1.165, 1.54) is 19.2 Å². The first kappa shape index (κ1) is 12.9. The van der Waals surface area contributed by atoms with E-state index in [-0.39, 0.29) is 11.4 Å². The van der Waals surface area contributed by atoms with Gasteiger partial charge in [0.1, 0.15) is 0 Å². The first-order valence-corrected chi connectivity index (χ1v) is 4.58. The summed E-state index contributed by atoms with van der Waals surface area (Å²) >= 11 is 0. The van der Waals surface area contributed by atoms with Crippen LogP contribution in [0.3, 0.4) is 0 Å². The number of nitrogens with two attached hydrogens (primary N) is 1. The molecule has 0 heterocycles. The van der Waals surface area contributed by atoms with E-state index in [1.54, 1.807) is 0 Å². The molecule has 1 aromatic carbocycles. The summed E-state index contributed by atoms with van der Waals surface area (Å²) in [5.74, 6) is -3.04. The van der Waals surface area contributed by atoms with Crippen molar-refractivity contribution in [2.45, 2.75) is 6.04 Å². The lowest BCUT2D eigenvalue weighted by molar-refractivity contribution is -0.141. The number of methoxy groups -OCH3 is 1. The predicted molar refractivity (Wildman–Crippen MR) is 57.2 cm³/mol. The first-order chi connectivity index (χ1) is 7.95. The summed E-state index contributed by atoms with van der Waals surface area (Å²) < 4.78 is 17.9. The standard InChI is InChI=1S/C10H11FN2O4/c1-17-7-3-2-5(4-6(7)11)13-9(14)8(12)10(15)16/h2-4,8H,12H2,1H3,(H,13,14)(H,15,16). The largest absolute Gasteiger partial charge is 0.494 e. The lowest BCUT2D eigenvalue weighted by Crippen LogP contribution is -2.42. The molecule has 17 heavy (non-hydrogen) atoms. The van der Waals surface area contributed by atoms with Gasteiger partial charge in [-0.15, -0.1) is 0 Å². The van der Waals surface area contributed by atoms with Gasteiger partial charge in [0.25, 0.3) is 5.91 Å². The van der Waals surface area contributed by atoms with Gasteiger partial charge in [0.15, 0.2) is 17.6 Å². The summed E-state index contributed by atoms with van der Waals surface area (Å²) in [6.45, 7) is 0. The molecule has 92 valence electrons. The van der Waals surface area contributed by atoms with E-state index in [1.807, 2.05) is 0 Å². The number of ether oxygens (including phenoxy) is 1. The number of anilines is 1. The van der Waals surface area contributed by atoms with E-state index < -0.39 is 23.7 Å². The second kappa shape index (κ2) is 5.26. The molecule has 7 heteroatoms. The number of carboxylic acids is 1. The van der Waals surface area contributed by atoms with Gasteiger partial charge in [-0.2, -0.15) is 0 Å². The van der Waals surface area contributed by atoms with Gasteiger partial charge in [0, 0.05) is 11.8 Å². The van der Waals surface area contributed by atoms with Crippen molar-refractivity contribution < 1.29 is 23.8 Å². The van der Waals surface area contributed by atoms with Crippen LogP contribution in [0.5, 0.6) is 5.75 Å². The van der Waals surface area contributed by atoms with E-state index >= 15 is 0 Å². The van der Waals surface area contributed by atoms with E-state index in [4.69, 9.17) is 10.8 Å². The van der Waals surface area contributed by atoms with E-state index in [0.29, 0.717) is 0 Å². The maximum Gasteiger partial charge on any atom is 0.330 e. The molecule has 0 fully saturated rings. The fourth-order valence-electron chi connectivity index (χ4n) is 1.08. The molecule has 1 amide bonds. The molecule has 1 unspecified atom stereocenters. The number of carboxylic acid groups (broad SMARTS) is 1. The van der Waals surface area contributed by atoms with Crippen LogP contribution in [-0.2, 0) is 9.59 Å². The fourth-order valence-corrected chi connectivity index (χ4v) is 1.08. The Balaban J connectivity index is 2.79. The summed E-state index contributed by atoms with van der Waals surface area (Å²) in [6, 6.07) is 1.98. The molecular formula is C10H11FN2O4. The van der Waals surface area contributed by atoms with Gasteiger partial charge in [-0.3, -0.25) is 4.79 Å². The third kappa shape index (κ3) is 3.15. The van der Waals surface area contributed by atoms with Crippen LogP contribution in [0.2, 0.25) is 0 Å². The number of hydrogen-bond acceptors (Lipinski definition) is 4. The molecule has 6 nitrogen and oxygen atoms in total. The number of carbonyl (C=O) groups excluding carboxylic acids is 1. The zero-order chi connectivity index (χ0) is 13.0. The minimum Gasteiger partial charge on any atom is -0.494 e. The predicted octanol–water partition coefficient (Wildman–Crippen LogP) is 0.185. The molecule has 1 aromatic rings. The number of rotatable bonds is 4. The van der Waals surface area contributed by atoms with Crippen molar-refractivity contribution in [2.75, 3.05) is 12.4 Å². The fraction of sp³-hybridized carbons (Fsp3) is 0.200. The third-order valence-electron chi connectivity index (χ3n) is 1.97. The first-order valence-electron chi connectivity index (χ1n) is 4.58. The number of hydrogen-bond donors (Lipinski definition) is 3. The SMILES string of the molecule is COc1ccc(NC(=O)C(N)C(=O)O)cc1F. The highest BCUT2D eigenvalue weighted by Crippen LogP contribution is 2.20. The molecule has 4 N–H and O–H groups in total. The molecule has 1 atom stereocenters. The number of carbonyl (C=O) groups is 2. The van der Waals surface area contributed by atoms with Crippen molar-refractivity contribution in [1.29, 1.82) is 0 Å². The van der Waals surface area contributed by atoms with Crippen LogP contribution >= 0.6 is 0 Å². The molecule has 0 radical (unpaired) electrons. The molecule has 0 saturated heterocycles. The molecular weight excluding hydrogens is 231 g/mol. The van der Waals surface area contributed by atoms with Gasteiger partial charge >= 0.3 is 5.97 Å². The molecule has 0 aliphatic heterocycles.